The number of hydrogen-bond acceptors (Lipinski definition) is 2. The average Bonchev–Trinajstić information content (AvgIpc) is 3.05. The molecule has 0 unspecified atom stereocenters. The summed E-state index contributed by atoms with van der Waals surface area (Å²) in [6.45, 7) is 0. The fraction of sp³-hybridized carbons (Fsp3) is 0.167. The maximum absolute atomic E-state index is 5.23. The van der Waals surface area contributed by atoms with E-state index in [1.807, 2.05) is 23.9 Å². The highest BCUT2D eigenvalue weighted by atomic mass is 16.5. The maximum atomic E-state index is 5.23. The summed E-state index contributed by atoms with van der Waals surface area (Å²) in [6, 6.07) is 16.7. The van der Waals surface area contributed by atoms with Gasteiger partial charge in [0.05, 0.1) is 18.5 Å². The van der Waals surface area contributed by atoms with Gasteiger partial charge in [-0.3, -0.25) is 4.68 Å². The van der Waals surface area contributed by atoms with Gasteiger partial charge in [0.2, 0.25) is 0 Å². The lowest BCUT2D eigenvalue weighted by Gasteiger charge is -2.03. The van der Waals surface area contributed by atoms with Gasteiger partial charge in [-0.2, -0.15) is 5.10 Å². The topological polar surface area (TPSA) is 27.1 Å². The molecule has 0 aliphatic heterocycles. The molecule has 1 aliphatic rings. The predicted molar refractivity (Wildman–Crippen MR) is 83.4 cm³/mol. The van der Waals surface area contributed by atoms with E-state index in [1.54, 1.807) is 7.11 Å². The van der Waals surface area contributed by atoms with E-state index in [-0.39, 0.29) is 0 Å². The predicted octanol–water partition coefficient (Wildman–Crippen LogP) is 3.67. The van der Waals surface area contributed by atoms with Crippen LogP contribution in [-0.4, -0.2) is 16.9 Å². The van der Waals surface area contributed by atoms with E-state index in [1.165, 1.54) is 22.4 Å². The van der Waals surface area contributed by atoms with Crippen LogP contribution in [0.4, 0.5) is 0 Å². The SMILES string of the molecule is COc1ccc(-c2nn(C)c3c2Cc2ccccc2-3)cc1. The van der Waals surface area contributed by atoms with Crippen molar-refractivity contribution in [1.82, 2.24) is 9.78 Å². The molecule has 0 saturated heterocycles. The summed E-state index contributed by atoms with van der Waals surface area (Å²) in [4.78, 5) is 0. The van der Waals surface area contributed by atoms with Crippen LogP contribution < -0.4 is 4.74 Å². The number of fused-ring (bicyclic) bond motifs is 3. The van der Waals surface area contributed by atoms with Crippen molar-refractivity contribution in [3.05, 3.63) is 59.7 Å². The molecule has 0 fully saturated rings. The lowest BCUT2D eigenvalue weighted by molar-refractivity contribution is 0.415. The molecule has 3 aromatic rings. The van der Waals surface area contributed by atoms with Crippen molar-refractivity contribution in [2.75, 3.05) is 7.11 Å². The quantitative estimate of drug-likeness (QED) is 0.558. The zero-order chi connectivity index (χ0) is 14.4. The highest BCUT2D eigenvalue weighted by Gasteiger charge is 2.26. The molecular formula is C18H16N2O. The van der Waals surface area contributed by atoms with Gasteiger partial charge in [-0.15, -0.1) is 0 Å². The Hall–Kier alpha value is -2.55. The minimum atomic E-state index is 0.870. The second-order valence-corrected chi connectivity index (χ2v) is 5.36. The first kappa shape index (κ1) is 12.2. The summed E-state index contributed by atoms with van der Waals surface area (Å²) in [5.74, 6) is 0.870. The zero-order valence-electron chi connectivity index (χ0n) is 12.1. The lowest BCUT2D eigenvalue weighted by Crippen LogP contribution is -1.94. The molecular weight excluding hydrogens is 260 g/mol. The standard InChI is InChI=1S/C18H16N2O/c1-20-18-15-6-4-3-5-13(15)11-16(18)17(19-20)12-7-9-14(21-2)10-8-12/h3-10H,11H2,1-2H3. The third kappa shape index (κ3) is 1.77. The molecule has 0 N–H and O–H groups in total. The lowest BCUT2D eigenvalue weighted by atomic mass is 10.1. The fourth-order valence-corrected chi connectivity index (χ4v) is 3.15. The van der Waals surface area contributed by atoms with E-state index in [0.717, 1.165) is 23.4 Å². The Bertz CT molecular complexity index is 816. The summed E-state index contributed by atoms with van der Waals surface area (Å²) in [6.07, 6.45) is 0.959. The molecule has 1 aliphatic carbocycles. The Balaban J connectivity index is 1.86. The van der Waals surface area contributed by atoms with Gasteiger partial charge in [-0.25, -0.2) is 0 Å². The molecule has 1 aromatic heterocycles. The molecule has 0 radical (unpaired) electrons. The monoisotopic (exact) mass is 276 g/mol. The van der Waals surface area contributed by atoms with Gasteiger partial charge in [0.25, 0.3) is 0 Å². The van der Waals surface area contributed by atoms with Crippen molar-refractivity contribution < 1.29 is 4.74 Å². The zero-order valence-corrected chi connectivity index (χ0v) is 12.1. The Morgan fingerprint density at radius 3 is 2.57 bits per heavy atom. The van der Waals surface area contributed by atoms with Crippen LogP contribution in [0.1, 0.15) is 11.1 Å². The highest BCUT2D eigenvalue weighted by molar-refractivity contribution is 5.81. The Morgan fingerprint density at radius 1 is 1.05 bits per heavy atom. The van der Waals surface area contributed by atoms with Crippen LogP contribution >= 0.6 is 0 Å². The summed E-state index contributed by atoms with van der Waals surface area (Å²) < 4.78 is 7.23. The van der Waals surface area contributed by atoms with Gasteiger partial charge < -0.3 is 4.74 Å². The van der Waals surface area contributed by atoms with Crippen LogP contribution in [0.5, 0.6) is 5.75 Å². The summed E-state index contributed by atoms with van der Waals surface area (Å²) in [5, 5.41) is 4.73. The number of ether oxygens (including phenoxy) is 1. The molecule has 0 bridgehead atoms. The molecule has 4 rings (SSSR count). The van der Waals surface area contributed by atoms with Gasteiger partial charge in [0.15, 0.2) is 0 Å². The minimum Gasteiger partial charge on any atom is -0.497 e. The molecule has 0 amide bonds. The third-order valence-electron chi connectivity index (χ3n) is 4.15. The molecule has 2 aromatic carbocycles. The number of aromatic nitrogens is 2. The summed E-state index contributed by atoms with van der Waals surface area (Å²) >= 11 is 0. The molecule has 0 saturated carbocycles. The fourth-order valence-electron chi connectivity index (χ4n) is 3.15. The van der Waals surface area contributed by atoms with Crippen LogP contribution in [0.15, 0.2) is 48.5 Å². The number of methoxy groups -OCH3 is 1. The molecule has 21 heavy (non-hydrogen) atoms. The number of hydrogen-bond donors (Lipinski definition) is 0. The molecule has 3 heteroatoms. The van der Waals surface area contributed by atoms with E-state index in [0.29, 0.717) is 0 Å². The third-order valence-corrected chi connectivity index (χ3v) is 4.15. The second kappa shape index (κ2) is 4.48. The maximum Gasteiger partial charge on any atom is 0.118 e. The van der Waals surface area contributed by atoms with Crippen molar-refractivity contribution in [2.24, 2.45) is 7.05 Å². The largest absolute Gasteiger partial charge is 0.497 e. The molecule has 1 heterocycles. The van der Waals surface area contributed by atoms with E-state index in [4.69, 9.17) is 9.84 Å². The first-order chi connectivity index (χ1) is 10.3. The van der Waals surface area contributed by atoms with E-state index >= 15 is 0 Å². The van der Waals surface area contributed by atoms with Gasteiger partial charge in [0, 0.05) is 30.2 Å². The van der Waals surface area contributed by atoms with Gasteiger partial charge >= 0.3 is 0 Å². The van der Waals surface area contributed by atoms with Crippen molar-refractivity contribution in [1.29, 1.82) is 0 Å². The van der Waals surface area contributed by atoms with Crippen LogP contribution in [0, 0.1) is 0 Å². The molecule has 0 spiro atoms. The normalized spacial score (nSPS) is 12.1. The summed E-state index contributed by atoms with van der Waals surface area (Å²) in [7, 11) is 3.71. The van der Waals surface area contributed by atoms with Crippen molar-refractivity contribution >= 4 is 0 Å². The molecule has 3 nitrogen and oxygen atoms in total. The smallest absolute Gasteiger partial charge is 0.118 e. The highest BCUT2D eigenvalue weighted by Crippen LogP contribution is 2.41. The first-order valence-corrected chi connectivity index (χ1v) is 7.06. The van der Waals surface area contributed by atoms with Crippen molar-refractivity contribution in [2.45, 2.75) is 6.42 Å². The number of rotatable bonds is 2. The van der Waals surface area contributed by atoms with Crippen LogP contribution in [0.3, 0.4) is 0 Å². The van der Waals surface area contributed by atoms with Crippen LogP contribution in [-0.2, 0) is 13.5 Å². The van der Waals surface area contributed by atoms with Crippen LogP contribution in [0.25, 0.3) is 22.5 Å². The van der Waals surface area contributed by atoms with Crippen LogP contribution in [0.2, 0.25) is 0 Å². The van der Waals surface area contributed by atoms with Crippen molar-refractivity contribution in [3.8, 4) is 28.3 Å². The number of aryl methyl sites for hydroxylation is 1. The van der Waals surface area contributed by atoms with E-state index in [2.05, 4.69) is 36.4 Å². The number of benzene rings is 2. The minimum absolute atomic E-state index is 0.870. The number of nitrogens with zero attached hydrogens (tertiary/aromatic N) is 2. The van der Waals surface area contributed by atoms with Gasteiger partial charge in [-0.1, -0.05) is 24.3 Å². The average molecular weight is 276 g/mol. The Morgan fingerprint density at radius 2 is 1.81 bits per heavy atom. The first-order valence-electron chi connectivity index (χ1n) is 7.06. The van der Waals surface area contributed by atoms with E-state index in [9.17, 15) is 0 Å². The molecule has 104 valence electrons. The van der Waals surface area contributed by atoms with Gasteiger partial charge in [0.1, 0.15) is 5.75 Å². The Labute approximate surface area is 123 Å². The van der Waals surface area contributed by atoms with Crippen molar-refractivity contribution in [3.63, 3.8) is 0 Å². The second-order valence-electron chi connectivity index (χ2n) is 5.36. The summed E-state index contributed by atoms with van der Waals surface area (Å²) in [5.41, 5.74) is 7.48. The van der Waals surface area contributed by atoms with Gasteiger partial charge in [-0.05, 0) is 29.8 Å². The Kier molecular flexibility index (Phi) is 2.61. The van der Waals surface area contributed by atoms with E-state index < -0.39 is 0 Å². The molecule has 0 atom stereocenters.